The van der Waals surface area contributed by atoms with Gasteiger partial charge in [0, 0.05) is 28.9 Å². The van der Waals surface area contributed by atoms with E-state index in [1.165, 1.54) is 0 Å². The zero-order valence-corrected chi connectivity index (χ0v) is 13.4. The number of hydrogen-bond donors (Lipinski definition) is 0. The Balaban J connectivity index is 1.93. The Bertz CT molecular complexity index is 856. The molecule has 4 heteroatoms. The summed E-state index contributed by atoms with van der Waals surface area (Å²) >= 11 is 6.22. The van der Waals surface area contributed by atoms with Gasteiger partial charge in [-0.3, -0.25) is 4.99 Å². The summed E-state index contributed by atoms with van der Waals surface area (Å²) in [6.45, 7) is 0. The summed E-state index contributed by atoms with van der Waals surface area (Å²) in [5.41, 5.74) is 4.13. The van der Waals surface area contributed by atoms with Crippen LogP contribution >= 0.6 is 11.6 Å². The van der Waals surface area contributed by atoms with Crippen molar-refractivity contribution < 1.29 is 4.42 Å². The summed E-state index contributed by atoms with van der Waals surface area (Å²) in [6, 6.07) is 19.9. The first-order chi connectivity index (χ1) is 11.2. The largest absolute Gasteiger partial charge is 0.465 e. The van der Waals surface area contributed by atoms with Crippen LogP contribution in [0.4, 0.5) is 5.69 Å². The number of aliphatic imine (C=N–C) groups is 1. The van der Waals surface area contributed by atoms with E-state index in [2.05, 4.69) is 17.0 Å². The molecule has 4 rings (SSSR count). The lowest BCUT2D eigenvalue weighted by Gasteiger charge is -2.33. The molecule has 2 aromatic carbocycles. The van der Waals surface area contributed by atoms with E-state index in [1.54, 1.807) is 6.26 Å². The smallest absolute Gasteiger partial charge is 0.180 e. The average molecular weight is 323 g/mol. The zero-order valence-electron chi connectivity index (χ0n) is 12.6. The van der Waals surface area contributed by atoms with Crippen LogP contribution in [-0.4, -0.2) is 12.8 Å². The number of fused-ring (bicyclic) bond motifs is 1. The van der Waals surface area contributed by atoms with Gasteiger partial charge >= 0.3 is 0 Å². The average Bonchev–Trinajstić information content (AvgIpc) is 3.10. The molecule has 1 aromatic heterocycles. The van der Waals surface area contributed by atoms with Crippen molar-refractivity contribution >= 4 is 23.0 Å². The quantitative estimate of drug-likeness (QED) is 0.670. The predicted molar refractivity (Wildman–Crippen MR) is 93.4 cm³/mol. The number of nitrogens with zero attached hydrogens (tertiary/aromatic N) is 2. The molecule has 2 heterocycles. The minimum Gasteiger partial charge on any atom is -0.465 e. The van der Waals surface area contributed by atoms with Gasteiger partial charge in [0.05, 0.1) is 12.0 Å². The lowest BCUT2D eigenvalue weighted by atomic mass is 9.97. The van der Waals surface area contributed by atoms with E-state index in [4.69, 9.17) is 21.0 Å². The summed E-state index contributed by atoms with van der Waals surface area (Å²) in [5.74, 6) is 0.821. The van der Waals surface area contributed by atoms with Gasteiger partial charge in [0.15, 0.2) is 6.17 Å². The fraction of sp³-hybridized carbons (Fsp3) is 0.105. The number of rotatable bonds is 2. The lowest BCUT2D eigenvalue weighted by molar-refractivity contribution is 0.462. The second-order valence-electron chi connectivity index (χ2n) is 5.51. The minimum atomic E-state index is -0.186. The topological polar surface area (TPSA) is 28.7 Å². The van der Waals surface area contributed by atoms with Gasteiger partial charge in [-0.1, -0.05) is 41.9 Å². The second kappa shape index (κ2) is 5.60. The summed E-state index contributed by atoms with van der Waals surface area (Å²) in [4.78, 5) is 7.06. The lowest BCUT2D eigenvalue weighted by Crippen LogP contribution is -2.29. The minimum absolute atomic E-state index is 0.186. The Hall–Kier alpha value is -2.52. The molecule has 3 nitrogen and oxygen atoms in total. The van der Waals surface area contributed by atoms with Crippen LogP contribution in [0.5, 0.6) is 0 Å². The standard InChI is InChI=1S/C19H15ClN2O/c1-22-16-10-9-14(20)12-15(16)18(13-6-3-2-4-7-13)21-19(22)17-8-5-11-23-17/h2-12,19H,1H3. The van der Waals surface area contributed by atoms with Crippen molar-refractivity contribution in [3.8, 4) is 0 Å². The maximum absolute atomic E-state index is 6.22. The molecule has 0 amide bonds. The van der Waals surface area contributed by atoms with Crippen molar-refractivity contribution in [3.63, 3.8) is 0 Å². The van der Waals surface area contributed by atoms with Gasteiger partial charge in [-0.15, -0.1) is 0 Å². The molecule has 0 bridgehead atoms. The Morgan fingerprint density at radius 1 is 1.04 bits per heavy atom. The van der Waals surface area contributed by atoms with Crippen LogP contribution in [0.15, 0.2) is 76.3 Å². The molecule has 0 saturated carbocycles. The first kappa shape index (κ1) is 14.1. The fourth-order valence-electron chi connectivity index (χ4n) is 2.93. The monoisotopic (exact) mass is 322 g/mol. The Labute approximate surface area is 139 Å². The number of halogens is 1. The van der Waals surface area contributed by atoms with E-state index in [0.29, 0.717) is 5.02 Å². The van der Waals surface area contributed by atoms with Crippen LogP contribution in [-0.2, 0) is 0 Å². The van der Waals surface area contributed by atoms with Crippen molar-refractivity contribution in [2.75, 3.05) is 11.9 Å². The van der Waals surface area contributed by atoms with Gasteiger partial charge in [0.25, 0.3) is 0 Å². The highest BCUT2D eigenvalue weighted by atomic mass is 35.5. The molecule has 0 spiro atoms. The van der Waals surface area contributed by atoms with Gasteiger partial charge in [0.2, 0.25) is 0 Å². The van der Waals surface area contributed by atoms with E-state index in [1.807, 2.05) is 55.6 Å². The van der Waals surface area contributed by atoms with Crippen LogP contribution in [0.1, 0.15) is 23.1 Å². The predicted octanol–water partition coefficient (Wildman–Crippen LogP) is 4.92. The highest BCUT2D eigenvalue weighted by Gasteiger charge is 2.28. The third-order valence-electron chi connectivity index (χ3n) is 4.06. The Kier molecular flexibility index (Phi) is 3.43. The van der Waals surface area contributed by atoms with Crippen LogP contribution < -0.4 is 4.90 Å². The molecule has 0 saturated heterocycles. The van der Waals surface area contributed by atoms with Crippen molar-refractivity contribution in [2.24, 2.45) is 4.99 Å². The van der Waals surface area contributed by atoms with E-state index < -0.39 is 0 Å². The second-order valence-corrected chi connectivity index (χ2v) is 5.94. The summed E-state index contributed by atoms with van der Waals surface area (Å²) in [6.07, 6.45) is 1.49. The number of furan rings is 1. The molecular formula is C19H15ClN2O. The molecule has 0 radical (unpaired) electrons. The zero-order chi connectivity index (χ0) is 15.8. The van der Waals surface area contributed by atoms with Crippen LogP contribution in [0.2, 0.25) is 5.02 Å². The molecule has 1 atom stereocenters. The molecule has 1 aliphatic rings. The van der Waals surface area contributed by atoms with Gasteiger partial charge in [0.1, 0.15) is 5.76 Å². The molecule has 1 unspecified atom stereocenters. The molecule has 0 fully saturated rings. The maximum Gasteiger partial charge on any atom is 0.180 e. The first-order valence-electron chi connectivity index (χ1n) is 7.43. The molecule has 114 valence electrons. The van der Waals surface area contributed by atoms with Crippen molar-refractivity contribution in [1.29, 1.82) is 0 Å². The van der Waals surface area contributed by atoms with Crippen LogP contribution in [0, 0.1) is 0 Å². The molecule has 3 aromatic rings. The van der Waals surface area contributed by atoms with E-state index in [0.717, 1.165) is 28.3 Å². The molecular weight excluding hydrogens is 308 g/mol. The number of hydrogen-bond acceptors (Lipinski definition) is 3. The third kappa shape index (κ3) is 2.43. The van der Waals surface area contributed by atoms with E-state index >= 15 is 0 Å². The van der Waals surface area contributed by atoms with Crippen molar-refractivity contribution in [3.05, 3.63) is 88.8 Å². The molecule has 1 aliphatic heterocycles. The Morgan fingerprint density at radius 3 is 2.61 bits per heavy atom. The van der Waals surface area contributed by atoms with Crippen LogP contribution in [0.3, 0.4) is 0 Å². The van der Waals surface area contributed by atoms with Gasteiger partial charge in [-0.25, -0.2) is 0 Å². The highest BCUT2D eigenvalue weighted by Crippen LogP contribution is 2.37. The van der Waals surface area contributed by atoms with Crippen LogP contribution in [0.25, 0.3) is 0 Å². The summed E-state index contributed by atoms with van der Waals surface area (Å²) in [7, 11) is 2.02. The van der Waals surface area contributed by atoms with E-state index in [9.17, 15) is 0 Å². The third-order valence-corrected chi connectivity index (χ3v) is 4.29. The van der Waals surface area contributed by atoms with Gasteiger partial charge in [-0.05, 0) is 30.3 Å². The summed E-state index contributed by atoms with van der Waals surface area (Å²) < 4.78 is 5.59. The van der Waals surface area contributed by atoms with Crippen molar-refractivity contribution in [1.82, 2.24) is 0 Å². The molecule has 0 N–H and O–H groups in total. The normalized spacial score (nSPS) is 16.9. The van der Waals surface area contributed by atoms with Gasteiger partial charge < -0.3 is 9.32 Å². The number of benzene rings is 2. The molecule has 23 heavy (non-hydrogen) atoms. The Morgan fingerprint density at radius 2 is 1.87 bits per heavy atom. The SMILES string of the molecule is CN1c2ccc(Cl)cc2C(c2ccccc2)=NC1c1ccco1. The molecule has 0 aliphatic carbocycles. The highest BCUT2D eigenvalue weighted by molar-refractivity contribution is 6.31. The number of anilines is 1. The maximum atomic E-state index is 6.22. The first-order valence-corrected chi connectivity index (χ1v) is 7.81. The summed E-state index contributed by atoms with van der Waals surface area (Å²) in [5, 5.41) is 0.706. The van der Waals surface area contributed by atoms with Crippen molar-refractivity contribution in [2.45, 2.75) is 6.17 Å². The van der Waals surface area contributed by atoms with E-state index in [-0.39, 0.29) is 6.17 Å². The van der Waals surface area contributed by atoms with Gasteiger partial charge in [-0.2, -0.15) is 0 Å². The fourth-order valence-corrected chi connectivity index (χ4v) is 3.11.